The highest BCUT2D eigenvalue weighted by atomic mass is 16.4. The molecule has 0 radical (unpaired) electrons. The number of aliphatic carboxylic acids is 1. The molecule has 4 amide bonds. The average Bonchev–Trinajstić information content (AvgIpc) is 3.15. The topological polar surface area (TPSA) is 222 Å². The molecule has 9 N–H and O–H groups in total. The van der Waals surface area contributed by atoms with Crippen LogP contribution in [0.2, 0.25) is 0 Å². The van der Waals surface area contributed by atoms with Crippen LogP contribution in [0, 0.1) is 0 Å². The van der Waals surface area contributed by atoms with Gasteiger partial charge in [0.25, 0.3) is 0 Å². The largest absolute Gasteiger partial charge is 0.480 e. The zero-order valence-electron chi connectivity index (χ0n) is 14.9. The van der Waals surface area contributed by atoms with Gasteiger partial charge < -0.3 is 37.5 Å². The lowest BCUT2D eigenvalue weighted by atomic mass is 10.1. The highest BCUT2D eigenvalue weighted by molar-refractivity contribution is 5.93. The van der Waals surface area contributed by atoms with Crippen LogP contribution in [0.5, 0.6) is 0 Å². The van der Waals surface area contributed by atoms with E-state index >= 15 is 0 Å². The van der Waals surface area contributed by atoms with Gasteiger partial charge in [-0.2, -0.15) is 0 Å². The molecule has 0 aliphatic carbocycles. The number of H-pyrrole nitrogens is 1. The summed E-state index contributed by atoms with van der Waals surface area (Å²) in [4.78, 5) is 64.6. The Bertz CT molecular complexity index is 706. The molecule has 28 heavy (non-hydrogen) atoms. The molecule has 0 aliphatic rings. The fourth-order valence-electron chi connectivity index (χ4n) is 2.19. The molecular weight excluding hydrogens is 374 g/mol. The minimum atomic E-state index is -1.28. The highest BCUT2D eigenvalue weighted by Crippen LogP contribution is 2.03. The van der Waals surface area contributed by atoms with E-state index in [0.717, 1.165) is 0 Å². The molecule has 0 aliphatic heterocycles. The first kappa shape index (κ1) is 22.6. The van der Waals surface area contributed by atoms with E-state index in [0.29, 0.717) is 5.69 Å². The number of carboxylic acid groups (broad SMARTS) is 1. The van der Waals surface area contributed by atoms with Crippen molar-refractivity contribution in [1.82, 2.24) is 25.9 Å². The smallest absolute Gasteiger partial charge is 0.322 e. The predicted molar refractivity (Wildman–Crippen MR) is 94.3 cm³/mol. The van der Waals surface area contributed by atoms with E-state index in [-0.39, 0.29) is 25.8 Å². The van der Waals surface area contributed by atoms with Gasteiger partial charge in [-0.1, -0.05) is 0 Å². The summed E-state index contributed by atoms with van der Waals surface area (Å²) >= 11 is 0. The van der Waals surface area contributed by atoms with Gasteiger partial charge in [0.1, 0.15) is 18.6 Å². The van der Waals surface area contributed by atoms with Gasteiger partial charge in [0, 0.05) is 24.7 Å². The number of rotatable bonds is 12. The second kappa shape index (κ2) is 11.3. The molecule has 0 fully saturated rings. The zero-order chi connectivity index (χ0) is 21.1. The normalized spacial score (nSPS) is 12.5. The lowest BCUT2D eigenvalue weighted by Gasteiger charge is -2.22. The van der Waals surface area contributed by atoms with Crippen LogP contribution >= 0.6 is 0 Å². The van der Waals surface area contributed by atoms with E-state index in [9.17, 15) is 24.0 Å². The number of nitrogens with zero attached hydrogens (tertiary/aromatic N) is 1. The Morgan fingerprint density at radius 2 is 1.86 bits per heavy atom. The molecular formula is C15H23N7O6. The van der Waals surface area contributed by atoms with Crippen molar-refractivity contribution in [1.29, 1.82) is 0 Å². The van der Waals surface area contributed by atoms with Crippen LogP contribution in [-0.4, -0.2) is 69.8 Å². The summed E-state index contributed by atoms with van der Waals surface area (Å²) in [6.45, 7) is -1.01. The van der Waals surface area contributed by atoms with Gasteiger partial charge in [-0.15, -0.1) is 0 Å². The van der Waals surface area contributed by atoms with Crippen molar-refractivity contribution in [2.45, 2.75) is 31.3 Å². The van der Waals surface area contributed by atoms with E-state index in [4.69, 9.17) is 16.6 Å². The van der Waals surface area contributed by atoms with E-state index in [1.54, 1.807) is 0 Å². The third-order valence-corrected chi connectivity index (χ3v) is 3.54. The quantitative estimate of drug-likeness (QED) is 0.186. The van der Waals surface area contributed by atoms with Gasteiger partial charge in [0.2, 0.25) is 23.6 Å². The van der Waals surface area contributed by atoms with Crippen molar-refractivity contribution >= 4 is 29.6 Å². The Labute approximate surface area is 159 Å². The molecule has 1 aromatic rings. The first-order chi connectivity index (χ1) is 13.2. The second-order valence-corrected chi connectivity index (χ2v) is 5.78. The maximum Gasteiger partial charge on any atom is 0.322 e. The third-order valence-electron chi connectivity index (χ3n) is 3.54. The molecule has 13 heteroatoms. The summed E-state index contributed by atoms with van der Waals surface area (Å²) in [5.74, 6) is -4.10. The molecule has 2 unspecified atom stereocenters. The number of hydrogen-bond donors (Lipinski definition) is 7. The number of imidazole rings is 1. The molecule has 0 bridgehead atoms. The van der Waals surface area contributed by atoms with E-state index in [2.05, 4.69) is 25.9 Å². The summed E-state index contributed by atoms with van der Waals surface area (Å²) in [5.41, 5.74) is 10.9. The molecule has 13 nitrogen and oxygen atoms in total. The number of nitrogens with one attached hydrogen (secondary N) is 4. The van der Waals surface area contributed by atoms with Crippen molar-refractivity contribution in [3.63, 3.8) is 0 Å². The summed E-state index contributed by atoms with van der Waals surface area (Å²) in [5, 5.41) is 15.6. The Morgan fingerprint density at radius 1 is 1.14 bits per heavy atom. The van der Waals surface area contributed by atoms with E-state index < -0.39 is 48.2 Å². The molecule has 0 saturated heterocycles. The van der Waals surface area contributed by atoms with Crippen molar-refractivity contribution < 1.29 is 29.1 Å². The Balaban J connectivity index is 2.87. The fraction of sp³-hybridized carbons (Fsp3) is 0.467. The summed E-state index contributed by atoms with van der Waals surface area (Å²) in [6, 6.07) is -2.31. The molecule has 154 valence electrons. The second-order valence-electron chi connectivity index (χ2n) is 5.78. The highest BCUT2D eigenvalue weighted by Gasteiger charge is 2.27. The number of amides is 4. The van der Waals surface area contributed by atoms with Crippen LogP contribution in [0.15, 0.2) is 12.5 Å². The minimum absolute atomic E-state index is 0.0385. The molecule has 0 spiro atoms. The lowest BCUT2D eigenvalue weighted by molar-refractivity contribution is -0.138. The van der Waals surface area contributed by atoms with E-state index in [1.165, 1.54) is 12.5 Å². The zero-order valence-corrected chi connectivity index (χ0v) is 14.9. The number of aromatic amines is 1. The monoisotopic (exact) mass is 397 g/mol. The maximum atomic E-state index is 12.6. The average molecular weight is 397 g/mol. The summed E-state index contributed by atoms with van der Waals surface area (Å²) in [6.07, 6.45) is 2.53. The number of carbonyl (C=O) groups excluding carboxylic acids is 4. The molecule has 0 saturated carbocycles. The van der Waals surface area contributed by atoms with Crippen LogP contribution in [0.25, 0.3) is 0 Å². The van der Waals surface area contributed by atoms with Gasteiger partial charge in [-0.3, -0.25) is 24.0 Å². The number of aromatic nitrogens is 2. The van der Waals surface area contributed by atoms with Crippen molar-refractivity contribution in [3.05, 3.63) is 18.2 Å². The minimum Gasteiger partial charge on any atom is -0.480 e. The fourth-order valence-corrected chi connectivity index (χ4v) is 2.19. The van der Waals surface area contributed by atoms with Crippen molar-refractivity contribution in [3.8, 4) is 0 Å². The van der Waals surface area contributed by atoms with Crippen LogP contribution in [0.4, 0.5) is 0 Å². The van der Waals surface area contributed by atoms with Gasteiger partial charge in [0.05, 0.1) is 12.9 Å². The number of nitrogens with two attached hydrogens (primary N) is 2. The van der Waals surface area contributed by atoms with Crippen LogP contribution in [-0.2, 0) is 30.4 Å². The summed E-state index contributed by atoms with van der Waals surface area (Å²) in [7, 11) is 0. The van der Waals surface area contributed by atoms with Gasteiger partial charge in [-0.05, 0) is 6.42 Å². The Kier molecular flexibility index (Phi) is 9.09. The predicted octanol–water partition coefficient (Wildman–Crippen LogP) is -3.65. The summed E-state index contributed by atoms with van der Waals surface area (Å²) < 4.78 is 0. The van der Waals surface area contributed by atoms with Crippen molar-refractivity contribution in [2.24, 2.45) is 11.5 Å². The standard InChI is InChI=1S/C15H23N7O6/c16-4-12(24)21-10(3-8-5-18-7-20-8)15(28)22-9(1-2-11(17)23)14(27)19-6-13(25)26/h5,7,9-10H,1-4,6,16H2,(H2,17,23)(H,18,20)(H,19,27)(H,21,24)(H,22,28)(H,25,26). The first-order valence-corrected chi connectivity index (χ1v) is 8.27. The van der Waals surface area contributed by atoms with E-state index in [1.807, 2.05) is 0 Å². The molecule has 1 heterocycles. The SMILES string of the molecule is NCC(=O)NC(Cc1cnc[nH]1)C(=O)NC(CCC(N)=O)C(=O)NCC(=O)O. The third kappa shape index (κ3) is 8.27. The van der Waals surface area contributed by atoms with Crippen molar-refractivity contribution in [2.75, 3.05) is 13.1 Å². The molecule has 1 rings (SSSR count). The van der Waals surface area contributed by atoms with Crippen LogP contribution in [0.1, 0.15) is 18.5 Å². The first-order valence-electron chi connectivity index (χ1n) is 8.27. The Hall–Kier alpha value is -3.48. The molecule has 2 atom stereocenters. The molecule has 1 aromatic heterocycles. The number of carboxylic acids is 1. The lowest BCUT2D eigenvalue weighted by Crippen LogP contribution is -2.55. The van der Waals surface area contributed by atoms with Gasteiger partial charge >= 0.3 is 5.97 Å². The number of primary amides is 1. The Morgan fingerprint density at radius 3 is 2.39 bits per heavy atom. The van der Waals surface area contributed by atoms with Gasteiger partial charge in [-0.25, -0.2) is 4.98 Å². The van der Waals surface area contributed by atoms with Crippen LogP contribution in [0.3, 0.4) is 0 Å². The number of hydrogen-bond acceptors (Lipinski definition) is 7. The maximum absolute atomic E-state index is 12.6. The van der Waals surface area contributed by atoms with Gasteiger partial charge in [0.15, 0.2) is 0 Å². The van der Waals surface area contributed by atoms with Crippen LogP contribution < -0.4 is 27.4 Å². The number of carbonyl (C=O) groups is 5. The molecule has 0 aromatic carbocycles.